The minimum absolute atomic E-state index is 0.0111. The van der Waals surface area contributed by atoms with E-state index in [4.69, 9.17) is 4.74 Å². The number of ether oxygens (including phenoxy) is 1. The summed E-state index contributed by atoms with van der Waals surface area (Å²) in [6, 6.07) is 3.30. The zero-order valence-corrected chi connectivity index (χ0v) is 7.99. The van der Waals surface area contributed by atoms with Gasteiger partial charge in [-0.1, -0.05) is 12.1 Å². The number of benzene rings is 1. The number of hydrogen-bond donors (Lipinski definition) is 1. The maximum Gasteiger partial charge on any atom is 0.171 e. The highest BCUT2D eigenvalue weighted by atomic mass is 16.5. The molecule has 1 aromatic rings. The quantitative estimate of drug-likeness (QED) is 0.585. The molecule has 0 fully saturated rings. The normalized spacial score (nSPS) is 9.50. The topological polar surface area (TPSA) is 46.5 Å². The number of carbonyl (C=O) groups is 1. The van der Waals surface area contributed by atoms with E-state index in [0.29, 0.717) is 23.8 Å². The molecule has 3 nitrogen and oxygen atoms in total. The zero-order chi connectivity index (χ0) is 10.6. The number of phenolic OH excluding ortho intramolecular Hbond substituents is 1. The fourth-order valence-corrected chi connectivity index (χ4v) is 1.26. The van der Waals surface area contributed by atoms with Crippen LogP contribution in [0.3, 0.4) is 0 Å². The highest BCUT2D eigenvalue weighted by Crippen LogP contribution is 2.33. The van der Waals surface area contributed by atoms with E-state index in [1.165, 1.54) is 7.11 Å². The molecule has 14 heavy (non-hydrogen) atoms. The Bertz CT molecular complexity index is 356. The fourth-order valence-electron chi connectivity index (χ4n) is 1.26. The largest absolute Gasteiger partial charge is 0.504 e. The molecule has 0 saturated heterocycles. The number of aldehydes is 1. The number of methoxy groups -OCH3 is 1. The van der Waals surface area contributed by atoms with Crippen molar-refractivity contribution in [2.24, 2.45) is 0 Å². The van der Waals surface area contributed by atoms with E-state index >= 15 is 0 Å². The van der Waals surface area contributed by atoms with Gasteiger partial charge in [0.1, 0.15) is 0 Å². The van der Waals surface area contributed by atoms with Gasteiger partial charge in [-0.2, -0.15) is 0 Å². The van der Waals surface area contributed by atoms with Crippen molar-refractivity contribution >= 4 is 6.29 Å². The van der Waals surface area contributed by atoms with E-state index in [1.807, 2.05) is 0 Å². The van der Waals surface area contributed by atoms with Gasteiger partial charge >= 0.3 is 0 Å². The molecule has 0 aliphatic heterocycles. The number of allylic oxidation sites excluding steroid dienone is 1. The molecule has 74 valence electrons. The van der Waals surface area contributed by atoms with Crippen LogP contribution in [-0.4, -0.2) is 18.5 Å². The molecule has 0 radical (unpaired) electrons. The van der Waals surface area contributed by atoms with Crippen molar-refractivity contribution in [1.29, 1.82) is 0 Å². The summed E-state index contributed by atoms with van der Waals surface area (Å²) in [6.07, 6.45) is 2.87. The molecule has 0 aliphatic carbocycles. The minimum Gasteiger partial charge on any atom is -0.504 e. The lowest BCUT2D eigenvalue weighted by Crippen LogP contribution is -1.94. The molecular formula is C11H12O3. The second-order valence-electron chi connectivity index (χ2n) is 2.81. The monoisotopic (exact) mass is 192 g/mol. The van der Waals surface area contributed by atoms with Crippen LogP contribution in [-0.2, 0) is 6.42 Å². The maximum atomic E-state index is 10.6. The number of phenols is 1. The zero-order valence-electron chi connectivity index (χ0n) is 7.99. The number of hydrogen-bond acceptors (Lipinski definition) is 3. The SMILES string of the molecule is C=CCc1ccc(C=O)c(OC)c1O. The van der Waals surface area contributed by atoms with E-state index in [9.17, 15) is 9.90 Å². The van der Waals surface area contributed by atoms with Gasteiger partial charge in [0.15, 0.2) is 17.8 Å². The van der Waals surface area contributed by atoms with Crippen LogP contribution >= 0.6 is 0 Å². The Labute approximate surface area is 82.6 Å². The Hall–Kier alpha value is -1.77. The van der Waals surface area contributed by atoms with Crippen LogP contribution in [0, 0.1) is 0 Å². The van der Waals surface area contributed by atoms with Crippen molar-refractivity contribution < 1.29 is 14.6 Å². The Morgan fingerprint density at radius 2 is 2.29 bits per heavy atom. The molecule has 1 aromatic carbocycles. The lowest BCUT2D eigenvalue weighted by atomic mass is 10.1. The molecule has 0 unspecified atom stereocenters. The van der Waals surface area contributed by atoms with Crippen LogP contribution < -0.4 is 4.74 Å². The summed E-state index contributed by atoms with van der Waals surface area (Å²) in [5.41, 5.74) is 1.04. The third kappa shape index (κ3) is 1.76. The fraction of sp³-hybridized carbons (Fsp3) is 0.182. The van der Waals surface area contributed by atoms with E-state index in [0.717, 1.165) is 0 Å². The molecule has 1 N–H and O–H groups in total. The van der Waals surface area contributed by atoms with Crippen LogP contribution in [0.25, 0.3) is 0 Å². The molecule has 0 aliphatic rings. The van der Waals surface area contributed by atoms with Crippen molar-refractivity contribution in [2.75, 3.05) is 7.11 Å². The summed E-state index contributed by atoms with van der Waals surface area (Å²) in [5, 5.41) is 9.70. The first kappa shape index (κ1) is 10.3. The third-order valence-corrected chi connectivity index (χ3v) is 1.94. The lowest BCUT2D eigenvalue weighted by Gasteiger charge is -2.09. The van der Waals surface area contributed by atoms with Crippen LogP contribution in [0.15, 0.2) is 24.8 Å². The Morgan fingerprint density at radius 1 is 1.57 bits per heavy atom. The summed E-state index contributed by atoms with van der Waals surface area (Å²) in [6.45, 7) is 3.57. The standard InChI is InChI=1S/C11H12O3/c1-3-4-8-5-6-9(7-12)11(14-2)10(8)13/h3,5-7,13H,1,4H2,2H3. The molecule has 0 amide bonds. The van der Waals surface area contributed by atoms with Gasteiger partial charge in [-0.05, 0) is 12.5 Å². The summed E-state index contributed by atoms with van der Waals surface area (Å²) in [5.74, 6) is 0.233. The van der Waals surface area contributed by atoms with Gasteiger partial charge in [0.2, 0.25) is 0 Å². The summed E-state index contributed by atoms with van der Waals surface area (Å²) >= 11 is 0. The Morgan fingerprint density at radius 3 is 2.79 bits per heavy atom. The van der Waals surface area contributed by atoms with Crippen LogP contribution in [0.4, 0.5) is 0 Å². The van der Waals surface area contributed by atoms with Crippen LogP contribution in [0.5, 0.6) is 11.5 Å². The van der Waals surface area contributed by atoms with Gasteiger partial charge in [0.05, 0.1) is 12.7 Å². The highest BCUT2D eigenvalue weighted by Gasteiger charge is 2.11. The second-order valence-corrected chi connectivity index (χ2v) is 2.81. The summed E-state index contributed by atoms with van der Waals surface area (Å²) in [7, 11) is 1.42. The van der Waals surface area contributed by atoms with Gasteiger partial charge in [0.25, 0.3) is 0 Å². The number of rotatable bonds is 4. The Kier molecular flexibility index (Phi) is 3.29. The van der Waals surface area contributed by atoms with Gasteiger partial charge in [-0.15, -0.1) is 6.58 Å². The molecule has 0 spiro atoms. The number of carbonyl (C=O) groups excluding carboxylic acids is 1. The molecule has 0 aromatic heterocycles. The van der Waals surface area contributed by atoms with Crippen molar-refractivity contribution in [2.45, 2.75) is 6.42 Å². The van der Waals surface area contributed by atoms with Gasteiger partial charge < -0.3 is 9.84 Å². The third-order valence-electron chi connectivity index (χ3n) is 1.94. The van der Waals surface area contributed by atoms with Crippen LogP contribution in [0.1, 0.15) is 15.9 Å². The second kappa shape index (κ2) is 4.46. The van der Waals surface area contributed by atoms with Gasteiger partial charge in [0, 0.05) is 5.56 Å². The maximum absolute atomic E-state index is 10.6. The van der Waals surface area contributed by atoms with Gasteiger partial charge in [-0.3, -0.25) is 4.79 Å². The van der Waals surface area contributed by atoms with E-state index in [1.54, 1.807) is 18.2 Å². The average molecular weight is 192 g/mol. The molecule has 0 heterocycles. The first-order chi connectivity index (χ1) is 6.74. The first-order valence-electron chi connectivity index (χ1n) is 4.19. The molecule has 1 rings (SSSR count). The minimum atomic E-state index is 0.0111. The lowest BCUT2D eigenvalue weighted by molar-refractivity contribution is 0.112. The van der Waals surface area contributed by atoms with Crippen LogP contribution in [0.2, 0.25) is 0 Å². The van der Waals surface area contributed by atoms with E-state index in [-0.39, 0.29) is 11.5 Å². The smallest absolute Gasteiger partial charge is 0.171 e. The summed E-state index contributed by atoms with van der Waals surface area (Å²) in [4.78, 5) is 10.6. The molecule has 0 bridgehead atoms. The average Bonchev–Trinajstić information content (AvgIpc) is 2.21. The highest BCUT2D eigenvalue weighted by molar-refractivity contribution is 5.81. The Balaban J connectivity index is 3.26. The van der Waals surface area contributed by atoms with Crippen molar-refractivity contribution in [3.63, 3.8) is 0 Å². The van der Waals surface area contributed by atoms with E-state index < -0.39 is 0 Å². The molecular weight excluding hydrogens is 180 g/mol. The molecule has 0 atom stereocenters. The first-order valence-corrected chi connectivity index (χ1v) is 4.19. The van der Waals surface area contributed by atoms with Crippen molar-refractivity contribution in [3.05, 3.63) is 35.9 Å². The number of aromatic hydroxyl groups is 1. The van der Waals surface area contributed by atoms with Crippen molar-refractivity contribution in [3.8, 4) is 11.5 Å². The predicted molar refractivity (Wildman–Crippen MR) is 53.9 cm³/mol. The molecule has 3 heteroatoms. The predicted octanol–water partition coefficient (Wildman–Crippen LogP) is 1.94. The van der Waals surface area contributed by atoms with E-state index in [2.05, 4.69) is 6.58 Å². The van der Waals surface area contributed by atoms with Gasteiger partial charge in [-0.25, -0.2) is 0 Å². The van der Waals surface area contributed by atoms with Crippen molar-refractivity contribution in [1.82, 2.24) is 0 Å². The summed E-state index contributed by atoms with van der Waals surface area (Å²) < 4.78 is 4.94. The molecule has 0 saturated carbocycles.